The van der Waals surface area contributed by atoms with Crippen LogP contribution in [0.3, 0.4) is 0 Å². The summed E-state index contributed by atoms with van der Waals surface area (Å²) in [5.41, 5.74) is 0. The summed E-state index contributed by atoms with van der Waals surface area (Å²) in [6, 6.07) is 0. The van der Waals surface area contributed by atoms with E-state index in [1.165, 1.54) is 0 Å². The topological polar surface area (TPSA) is 47.0 Å². The van der Waals surface area contributed by atoms with Gasteiger partial charge in [-0.15, -0.1) is 0 Å². The number of halogens is 1. The predicted octanol–water partition coefficient (Wildman–Crippen LogP) is 1.70. The number of hydrogen-bond acceptors (Lipinski definition) is 4. The first-order chi connectivity index (χ1) is 6.67. The van der Waals surface area contributed by atoms with Gasteiger partial charge in [0.15, 0.2) is 0 Å². The molecule has 0 aromatic carbocycles. The first-order valence-corrected chi connectivity index (χ1v) is 5.47. The van der Waals surface area contributed by atoms with Crippen molar-refractivity contribution in [1.29, 1.82) is 0 Å². The van der Waals surface area contributed by atoms with Gasteiger partial charge in [0.2, 0.25) is 0 Å². The van der Waals surface area contributed by atoms with Crippen molar-refractivity contribution in [1.82, 2.24) is 9.97 Å². The molecular formula is C9H14IN3O. The molecule has 1 aromatic heterocycles. The van der Waals surface area contributed by atoms with E-state index in [2.05, 4.69) is 37.9 Å². The molecule has 0 amide bonds. The van der Waals surface area contributed by atoms with Gasteiger partial charge in [-0.3, -0.25) is 0 Å². The molecule has 0 aliphatic heterocycles. The second-order valence-corrected chi connectivity index (χ2v) is 4.15. The first-order valence-electron chi connectivity index (χ1n) is 4.39. The molecule has 1 N–H and O–H groups in total. The highest BCUT2D eigenvalue weighted by Gasteiger charge is 2.07. The molecule has 5 heteroatoms. The summed E-state index contributed by atoms with van der Waals surface area (Å²) in [4.78, 5) is 8.61. The highest BCUT2D eigenvalue weighted by molar-refractivity contribution is 14.1. The van der Waals surface area contributed by atoms with Crippen molar-refractivity contribution in [3.05, 3.63) is 15.6 Å². The van der Waals surface area contributed by atoms with Crippen molar-refractivity contribution in [2.24, 2.45) is 0 Å². The summed E-state index contributed by atoms with van der Waals surface area (Å²) in [7, 11) is 3.55. The first kappa shape index (κ1) is 11.6. The van der Waals surface area contributed by atoms with Crippen molar-refractivity contribution >= 4 is 28.4 Å². The molecule has 1 atom stereocenters. The molecule has 1 aromatic rings. The van der Waals surface area contributed by atoms with Crippen LogP contribution in [0.4, 0.5) is 5.82 Å². The summed E-state index contributed by atoms with van der Waals surface area (Å²) in [6.07, 6.45) is 2.71. The monoisotopic (exact) mass is 307 g/mol. The van der Waals surface area contributed by atoms with Crippen LogP contribution in [-0.2, 0) is 11.2 Å². The highest BCUT2D eigenvalue weighted by Crippen LogP contribution is 2.13. The Kier molecular flexibility index (Phi) is 4.53. The van der Waals surface area contributed by atoms with Gasteiger partial charge in [-0.25, -0.2) is 9.97 Å². The van der Waals surface area contributed by atoms with Crippen LogP contribution in [0.5, 0.6) is 0 Å². The molecule has 4 nitrogen and oxygen atoms in total. The van der Waals surface area contributed by atoms with Crippen molar-refractivity contribution in [3.8, 4) is 0 Å². The molecular weight excluding hydrogens is 293 g/mol. The van der Waals surface area contributed by atoms with E-state index in [0.717, 1.165) is 21.6 Å². The van der Waals surface area contributed by atoms with Crippen LogP contribution in [0.1, 0.15) is 12.7 Å². The normalized spacial score (nSPS) is 12.6. The SMILES string of the molecule is CNc1nc(CC(C)OC)ncc1I. The van der Waals surface area contributed by atoms with E-state index in [9.17, 15) is 0 Å². The molecule has 0 spiro atoms. The maximum atomic E-state index is 5.16. The van der Waals surface area contributed by atoms with E-state index in [1.807, 2.05) is 20.2 Å². The third-order valence-electron chi connectivity index (χ3n) is 1.90. The average Bonchev–Trinajstić information content (AvgIpc) is 2.20. The minimum absolute atomic E-state index is 0.153. The van der Waals surface area contributed by atoms with Crippen LogP contribution in [0.2, 0.25) is 0 Å². The van der Waals surface area contributed by atoms with Gasteiger partial charge < -0.3 is 10.1 Å². The van der Waals surface area contributed by atoms with Crippen LogP contribution in [0.25, 0.3) is 0 Å². The molecule has 0 bridgehead atoms. The van der Waals surface area contributed by atoms with Gasteiger partial charge in [0.05, 0.1) is 9.67 Å². The predicted molar refractivity (Wildman–Crippen MR) is 64.5 cm³/mol. The molecule has 14 heavy (non-hydrogen) atoms. The lowest BCUT2D eigenvalue weighted by Gasteiger charge is -2.09. The number of aromatic nitrogens is 2. The second kappa shape index (κ2) is 5.45. The van der Waals surface area contributed by atoms with Gasteiger partial charge in [-0.1, -0.05) is 0 Å². The smallest absolute Gasteiger partial charge is 0.142 e. The summed E-state index contributed by atoms with van der Waals surface area (Å²) >= 11 is 2.20. The van der Waals surface area contributed by atoms with E-state index >= 15 is 0 Å². The maximum absolute atomic E-state index is 5.16. The third kappa shape index (κ3) is 3.06. The fourth-order valence-corrected chi connectivity index (χ4v) is 1.55. The van der Waals surface area contributed by atoms with Crippen molar-refractivity contribution in [2.75, 3.05) is 19.5 Å². The van der Waals surface area contributed by atoms with Crippen LogP contribution < -0.4 is 5.32 Å². The molecule has 0 aliphatic carbocycles. The van der Waals surface area contributed by atoms with Crippen molar-refractivity contribution < 1.29 is 4.74 Å². The minimum Gasteiger partial charge on any atom is -0.381 e. The maximum Gasteiger partial charge on any atom is 0.142 e. The zero-order valence-corrected chi connectivity index (χ0v) is 10.7. The molecule has 1 heterocycles. The Bertz CT molecular complexity index is 306. The molecule has 0 radical (unpaired) electrons. The van der Waals surface area contributed by atoms with Gasteiger partial charge in [-0.2, -0.15) is 0 Å². The van der Waals surface area contributed by atoms with Crippen LogP contribution >= 0.6 is 22.6 Å². The van der Waals surface area contributed by atoms with Gasteiger partial charge >= 0.3 is 0 Å². The fourth-order valence-electron chi connectivity index (χ4n) is 1.02. The average molecular weight is 307 g/mol. The molecule has 1 rings (SSSR count). The largest absolute Gasteiger partial charge is 0.381 e. The Hall–Kier alpha value is -0.430. The lowest BCUT2D eigenvalue weighted by atomic mass is 10.3. The van der Waals surface area contributed by atoms with E-state index in [1.54, 1.807) is 7.11 Å². The molecule has 0 fully saturated rings. The number of nitrogens with one attached hydrogen (secondary N) is 1. The van der Waals surface area contributed by atoms with E-state index < -0.39 is 0 Å². The Morgan fingerprint density at radius 3 is 2.93 bits per heavy atom. The standard InChI is InChI=1S/C9H14IN3O/c1-6(14-3)4-8-12-5-7(10)9(11-2)13-8/h5-6H,4H2,1-3H3,(H,11,12,13). The van der Waals surface area contributed by atoms with Crippen molar-refractivity contribution in [3.63, 3.8) is 0 Å². The lowest BCUT2D eigenvalue weighted by Crippen LogP contribution is -2.12. The molecule has 0 aliphatic rings. The fraction of sp³-hybridized carbons (Fsp3) is 0.556. The third-order valence-corrected chi connectivity index (χ3v) is 2.69. The van der Waals surface area contributed by atoms with E-state index in [-0.39, 0.29) is 6.10 Å². The Labute approximate surface area is 97.6 Å². The number of hydrogen-bond donors (Lipinski definition) is 1. The molecule has 78 valence electrons. The Morgan fingerprint density at radius 1 is 1.64 bits per heavy atom. The van der Waals surface area contributed by atoms with Crippen LogP contribution in [0.15, 0.2) is 6.20 Å². The molecule has 1 unspecified atom stereocenters. The zero-order valence-electron chi connectivity index (χ0n) is 8.54. The number of ether oxygens (including phenoxy) is 1. The lowest BCUT2D eigenvalue weighted by molar-refractivity contribution is 0.117. The van der Waals surface area contributed by atoms with Gasteiger partial charge in [0, 0.05) is 26.8 Å². The summed E-state index contributed by atoms with van der Waals surface area (Å²) in [5.74, 6) is 1.68. The number of nitrogens with zero attached hydrogens (tertiary/aromatic N) is 2. The van der Waals surface area contributed by atoms with E-state index in [4.69, 9.17) is 4.74 Å². The summed E-state index contributed by atoms with van der Waals surface area (Å²) < 4.78 is 6.18. The minimum atomic E-state index is 0.153. The second-order valence-electron chi connectivity index (χ2n) is 2.98. The summed E-state index contributed by atoms with van der Waals surface area (Å²) in [5, 5.41) is 3.03. The van der Waals surface area contributed by atoms with Crippen LogP contribution in [0, 0.1) is 3.57 Å². The number of methoxy groups -OCH3 is 1. The van der Waals surface area contributed by atoms with Crippen LogP contribution in [-0.4, -0.2) is 30.2 Å². The van der Waals surface area contributed by atoms with Gasteiger partial charge in [0.1, 0.15) is 11.6 Å². The molecule has 0 saturated carbocycles. The number of rotatable bonds is 4. The van der Waals surface area contributed by atoms with Crippen molar-refractivity contribution in [2.45, 2.75) is 19.4 Å². The zero-order chi connectivity index (χ0) is 10.6. The van der Waals surface area contributed by atoms with Gasteiger partial charge in [-0.05, 0) is 29.5 Å². The highest BCUT2D eigenvalue weighted by atomic mass is 127. The summed E-state index contributed by atoms with van der Waals surface area (Å²) in [6.45, 7) is 2.00. The Balaban J connectivity index is 2.79. The Morgan fingerprint density at radius 2 is 2.36 bits per heavy atom. The quantitative estimate of drug-likeness (QED) is 0.860. The van der Waals surface area contributed by atoms with E-state index in [0.29, 0.717) is 0 Å². The molecule has 0 saturated heterocycles. The van der Waals surface area contributed by atoms with Gasteiger partial charge in [0.25, 0.3) is 0 Å². The number of anilines is 1.